The summed E-state index contributed by atoms with van der Waals surface area (Å²) in [5, 5.41) is 12.2. The molecule has 6 unspecified atom stereocenters. The first-order valence-electron chi connectivity index (χ1n) is 12.3. The lowest BCUT2D eigenvalue weighted by Crippen LogP contribution is -2.72. The average molecular weight is 495 g/mol. The van der Waals surface area contributed by atoms with Gasteiger partial charge >= 0.3 is 17.9 Å². The molecule has 4 rings (SSSR count). The van der Waals surface area contributed by atoms with Crippen LogP contribution in [0.2, 0.25) is 0 Å². The molecule has 0 radical (unpaired) electrons. The number of fused-ring (bicyclic) bond motifs is 1. The number of benzene rings is 1. The van der Waals surface area contributed by atoms with E-state index in [4.69, 9.17) is 14.2 Å². The molecular formula is C29H34O7. The topological polar surface area (TPSA) is 99.1 Å². The highest BCUT2D eigenvalue weighted by molar-refractivity contribution is 5.89. The van der Waals surface area contributed by atoms with Crippen molar-refractivity contribution in [3.8, 4) is 0 Å². The molecule has 3 aliphatic rings. The predicted molar refractivity (Wildman–Crippen MR) is 133 cm³/mol. The third-order valence-corrected chi connectivity index (χ3v) is 8.58. The molecule has 1 fully saturated rings. The van der Waals surface area contributed by atoms with Crippen LogP contribution in [0.4, 0.5) is 0 Å². The Kier molecular flexibility index (Phi) is 6.73. The number of hydrogen-bond donors (Lipinski definition) is 1. The lowest BCUT2D eigenvalue weighted by atomic mass is 9.44. The Morgan fingerprint density at radius 1 is 1.11 bits per heavy atom. The molecule has 2 aliphatic carbocycles. The van der Waals surface area contributed by atoms with Crippen molar-refractivity contribution in [1.29, 1.82) is 0 Å². The van der Waals surface area contributed by atoms with Crippen molar-refractivity contribution >= 4 is 17.9 Å². The number of allylic oxidation sites excluding steroid dienone is 1. The SMILES string of the molecule is CC(=O)OC1C(OC(=O)c2ccccc2)C(C)(O)C(C)(C=CC2=CC(=O)OC2)C2CCC=C(C)C12C. The van der Waals surface area contributed by atoms with Gasteiger partial charge in [-0.15, -0.1) is 0 Å². The number of hydrogen-bond acceptors (Lipinski definition) is 7. The molecule has 1 aliphatic heterocycles. The van der Waals surface area contributed by atoms with Crippen LogP contribution in [0.1, 0.15) is 57.8 Å². The van der Waals surface area contributed by atoms with Gasteiger partial charge in [0.15, 0.2) is 12.2 Å². The van der Waals surface area contributed by atoms with Crippen LogP contribution in [0.3, 0.4) is 0 Å². The summed E-state index contributed by atoms with van der Waals surface area (Å²) < 4.78 is 17.0. The quantitative estimate of drug-likeness (QED) is 0.370. The first-order chi connectivity index (χ1) is 16.9. The maximum absolute atomic E-state index is 13.2. The van der Waals surface area contributed by atoms with Gasteiger partial charge in [-0.25, -0.2) is 9.59 Å². The van der Waals surface area contributed by atoms with E-state index in [1.807, 2.05) is 26.8 Å². The molecule has 7 nitrogen and oxygen atoms in total. The Labute approximate surface area is 211 Å². The average Bonchev–Trinajstić information content (AvgIpc) is 3.25. The van der Waals surface area contributed by atoms with Crippen LogP contribution in [0.5, 0.6) is 0 Å². The first-order valence-corrected chi connectivity index (χ1v) is 12.3. The fourth-order valence-electron chi connectivity index (χ4n) is 6.22. The summed E-state index contributed by atoms with van der Waals surface area (Å²) in [4.78, 5) is 37.1. The van der Waals surface area contributed by atoms with E-state index in [-0.39, 0.29) is 12.5 Å². The van der Waals surface area contributed by atoms with Crippen LogP contribution in [-0.4, -0.2) is 47.4 Å². The second-order valence-corrected chi connectivity index (χ2v) is 10.6. The molecule has 1 aromatic carbocycles. The third kappa shape index (κ3) is 4.19. The van der Waals surface area contributed by atoms with Gasteiger partial charge < -0.3 is 19.3 Å². The lowest BCUT2D eigenvalue weighted by Gasteiger charge is -2.64. The maximum atomic E-state index is 13.2. The van der Waals surface area contributed by atoms with Crippen molar-refractivity contribution in [2.24, 2.45) is 16.7 Å². The molecule has 6 atom stereocenters. The molecule has 0 saturated heterocycles. The van der Waals surface area contributed by atoms with E-state index in [0.29, 0.717) is 11.1 Å². The van der Waals surface area contributed by atoms with Crippen molar-refractivity contribution in [2.75, 3.05) is 6.61 Å². The Morgan fingerprint density at radius 3 is 2.42 bits per heavy atom. The minimum Gasteiger partial charge on any atom is -0.458 e. The lowest BCUT2D eigenvalue weighted by molar-refractivity contribution is -0.257. The Balaban J connectivity index is 1.85. The molecule has 0 bridgehead atoms. The van der Waals surface area contributed by atoms with Crippen LogP contribution in [-0.2, 0) is 23.8 Å². The summed E-state index contributed by atoms with van der Waals surface area (Å²) in [6.45, 7) is 9.07. The number of esters is 3. The van der Waals surface area contributed by atoms with Crippen molar-refractivity contribution in [1.82, 2.24) is 0 Å². The number of carbonyl (C=O) groups excluding carboxylic acids is 3. The molecule has 36 heavy (non-hydrogen) atoms. The van der Waals surface area contributed by atoms with Gasteiger partial charge in [-0.3, -0.25) is 4.79 Å². The first kappa shape index (κ1) is 25.9. The molecule has 0 amide bonds. The van der Waals surface area contributed by atoms with Gasteiger partial charge in [0.05, 0.1) is 5.56 Å². The number of cyclic esters (lactones) is 1. The number of ether oxygens (including phenoxy) is 3. The van der Waals surface area contributed by atoms with Crippen molar-refractivity contribution in [2.45, 2.75) is 65.3 Å². The van der Waals surface area contributed by atoms with Crippen LogP contribution in [0, 0.1) is 16.7 Å². The van der Waals surface area contributed by atoms with Gasteiger partial charge in [-0.05, 0) is 50.3 Å². The standard InChI is InChI=1S/C29H34O7/c1-18-10-9-13-22-27(3,15-14-20-16-23(31)34-17-20)29(5,33)25(24(28(18,22)4)35-19(2)30)36-26(32)21-11-7-6-8-12-21/h6-8,10-12,14-16,22,24-25,33H,9,13,17H2,1-5H3. The van der Waals surface area contributed by atoms with Crippen LogP contribution in [0.25, 0.3) is 0 Å². The van der Waals surface area contributed by atoms with Gasteiger partial charge in [0, 0.05) is 23.8 Å². The zero-order valence-corrected chi connectivity index (χ0v) is 21.4. The Morgan fingerprint density at radius 2 is 1.81 bits per heavy atom. The summed E-state index contributed by atoms with van der Waals surface area (Å²) in [5.41, 5.74) is -1.21. The molecular weight excluding hydrogens is 460 g/mol. The van der Waals surface area contributed by atoms with Crippen LogP contribution < -0.4 is 0 Å². The van der Waals surface area contributed by atoms with Crippen molar-refractivity contribution < 1.29 is 33.7 Å². The molecule has 0 aromatic heterocycles. The van der Waals surface area contributed by atoms with Crippen molar-refractivity contribution in [3.05, 3.63) is 71.3 Å². The van der Waals surface area contributed by atoms with E-state index < -0.39 is 46.5 Å². The fourth-order valence-corrected chi connectivity index (χ4v) is 6.22. The van der Waals surface area contributed by atoms with Gasteiger partial charge in [0.2, 0.25) is 0 Å². The molecule has 1 heterocycles. The highest BCUT2D eigenvalue weighted by Crippen LogP contribution is 2.63. The van der Waals surface area contributed by atoms with E-state index in [1.54, 1.807) is 43.3 Å². The Bertz CT molecular complexity index is 1150. The normalized spacial score (nSPS) is 35.9. The smallest absolute Gasteiger partial charge is 0.338 e. The number of aliphatic hydroxyl groups is 1. The molecule has 7 heteroatoms. The summed E-state index contributed by atoms with van der Waals surface area (Å²) in [6.07, 6.45) is 6.72. The molecule has 1 aromatic rings. The Hall–Kier alpha value is -3.19. The van der Waals surface area contributed by atoms with E-state index in [0.717, 1.165) is 18.4 Å². The molecule has 0 spiro atoms. The monoisotopic (exact) mass is 494 g/mol. The van der Waals surface area contributed by atoms with Gasteiger partial charge in [-0.1, -0.05) is 55.8 Å². The maximum Gasteiger partial charge on any atom is 0.338 e. The van der Waals surface area contributed by atoms with Gasteiger partial charge in [-0.2, -0.15) is 0 Å². The minimum absolute atomic E-state index is 0.157. The van der Waals surface area contributed by atoms with Gasteiger partial charge in [0.25, 0.3) is 0 Å². The molecule has 192 valence electrons. The van der Waals surface area contributed by atoms with Gasteiger partial charge in [0.1, 0.15) is 12.2 Å². The zero-order valence-electron chi connectivity index (χ0n) is 21.4. The summed E-state index contributed by atoms with van der Waals surface area (Å²) in [6, 6.07) is 8.54. The predicted octanol–water partition coefficient (Wildman–Crippen LogP) is 4.32. The zero-order chi connectivity index (χ0) is 26.3. The largest absolute Gasteiger partial charge is 0.458 e. The summed E-state index contributed by atoms with van der Waals surface area (Å²) in [7, 11) is 0. The highest BCUT2D eigenvalue weighted by Gasteiger charge is 2.69. The molecule has 1 saturated carbocycles. The summed E-state index contributed by atoms with van der Waals surface area (Å²) >= 11 is 0. The second kappa shape index (κ2) is 9.36. The van der Waals surface area contributed by atoms with Crippen LogP contribution >= 0.6 is 0 Å². The summed E-state index contributed by atoms with van der Waals surface area (Å²) in [5.74, 6) is -1.68. The third-order valence-electron chi connectivity index (χ3n) is 8.58. The molecule has 1 N–H and O–H groups in total. The van der Waals surface area contributed by atoms with E-state index >= 15 is 0 Å². The van der Waals surface area contributed by atoms with E-state index in [2.05, 4.69) is 6.08 Å². The fraction of sp³-hybridized carbons (Fsp3) is 0.483. The highest BCUT2D eigenvalue weighted by atomic mass is 16.6. The van der Waals surface area contributed by atoms with Crippen LogP contribution in [0.15, 0.2) is 65.8 Å². The van der Waals surface area contributed by atoms with E-state index in [1.165, 1.54) is 13.0 Å². The number of carbonyl (C=O) groups is 3. The van der Waals surface area contributed by atoms with Crippen molar-refractivity contribution in [3.63, 3.8) is 0 Å². The second-order valence-electron chi connectivity index (χ2n) is 10.6. The minimum atomic E-state index is -1.63. The number of rotatable bonds is 5. The van der Waals surface area contributed by atoms with E-state index in [9.17, 15) is 19.5 Å².